The van der Waals surface area contributed by atoms with Crippen molar-refractivity contribution in [3.8, 4) is 5.75 Å². The van der Waals surface area contributed by atoms with E-state index >= 15 is 0 Å². The molecule has 3 rings (SSSR count). The third-order valence-corrected chi connectivity index (χ3v) is 6.87. The molecule has 3 aromatic rings. The second-order valence-corrected chi connectivity index (χ2v) is 10.2. The number of nitrogens with zero attached hydrogens (tertiary/aromatic N) is 1. The van der Waals surface area contributed by atoms with Crippen molar-refractivity contribution in [2.45, 2.75) is 6.54 Å². The standard InChI is InChI=1S/C23H21Cl3N2O4S/c1-33(30,31)28(20-7-4-6-19(25)22(20)26)15-16-9-11-17(12-10-16)23(29)27-13-14-32-21-8-3-2-5-18(21)24/h2-12H,13-15H2,1H3,(H,27,29). The second kappa shape index (κ2) is 11.1. The van der Waals surface area contributed by atoms with Crippen molar-refractivity contribution in [1.82, 2.24) is 5.32 Å². The van der Waals surface area contributed by atoms with Gasteiger partial charge in [-0.25, -0.2) is 8.42 Å². The molecule has 0 bridgehead atoms. The van der Waals surface area contributed by atoms with E-state index < -0.39 is 10.0 Å². The minimum absolute atomic E-state index is 0.0342. The van der Waals surface area contributed by atoms with Crippen molar-refractivity contribution >= 4 is 56.4 Å². The predicted molar refractivity (Wildman–Crippen MR) is 133 cm³/mol. The summed E-state index contributed by atoms with van der Waals surface area (Å²) in [5.74, 6) is 0.273. The van der Waals surface area contributed by atoms with Gasteiger partial charge in [0.25, 0.3) is 5.91 Å². The quantitative estimate of drug-likeness (QED) is 0.377. The van der Waals surface area contributed by atoms with Crippen LogP contribution in [0, 0.1) is 0 Å². The van der Waals surface area contributed by atoms with E-state index in [-0.39, 0.29) is 34.8 Å². The Morgan fingerprint density at radius 2 is 1.61 bits per heavy atom. The molecule has 0 heterocycles. The number of hydrogen-bond donors (Lipinski definition) is 1. The van der Waals surface area contributed by atoms with Crippen LogP contribution < -0.4 is 14.4 Å². The minimum atomic E-state index is -3.64. The lowest BCUT2D eigenvalue weighted by Crippen LogP contribution is -2.30. The fourth-order valence-electron chi connectivity index (χ4n) is 2.98. The Hall–Kier alpha value is -2.45. The van der Waals surface area contributed by atoms with Crippen LogP contribution in [0.2, 0.25) is 15.1 Å². The fourth-order valence-corrected chi connectivity index (χ4v) is 4.51. The van der Waals surface area contributed by atoms with Gasteiger partial charge in [-0.3, -0.25) is 9.10 Å². The van der Waals surface area contributed by atoms with Gasteiger partial charge in [-0.2, -0.15) is 0 Å². The van der Waals surface area contributed by atoms with Crippen LogP contribution in [0.4, 0.5) is 5.69 Å². The van der Waals surface area contributed by atoms with Gasteiger partial charge in [0.1, 0.15) is 12.4 Å². The molecule has 33 heavy (non-hydrogen) atoms. The molecule has 0 radical (unpaired) electrons. The molecular weight excluding hydrogens is 507 g/mol. The van der Waals surface area contributed by atoms with Crippen molar-refractivity contribution in [2.75, 3.05) is 23.7 Å². The molecule has 0 saturated carbocycles. The maximum atomic E-state index is 12.4. The van der Waals surface area contributed by atoms with E-state index in [2.05, 4.69) is 5.32 Å². The van der Waals surface area contributed by atoms with E-state index in [9.17, 15) is 13.2 Å². The van der Waals surface area contributed by atoms with Gasteiger partial charge >= 0.3 is 0 Å². The smallest absolute Gasteiger partial charge is 0.251 e. The van der Waals surface area contributed by atoms with Crippen LogP contribution in [-0.2, 0) is 16.6 Å². The topological polar surface area (TPSA) is 75.7 Å². The third-order valence-electron chi connectivity index (χ3n) is 4.62. The van der Waals surface area contributed by atoms with Crippen molar-refractivity contribution in [3.05, 3.63) is 92.9 Å². The molecular formula is C23H21Cl3N2O4S. The van der Waals surface area contributed by atoms with Crippen LogP contribution in [0.1, 0.15) is 15.9 Å². The first kappa shape index (κ1) is 25.2. The van der Waals surface area contributed by atoms with Crippen molar-refractivity contribution in [1.29, 1.82) is 0 Å². The summed E-state index contributed by atoms with van der Waals surface area (Å²) >= 11 is 18.3. The number of carbonyl (C=O) groups is 1. The summed E-state index contributed by atoms with van der Waals surface area (Å²) < 4.78 is 31.5. The number of halogens is 3. The molecule has 174 valence electrons. The van der Waals surface area contributed by atoms with Gasteiger partial charge in [0, 0.05) is 5.56 Å². The molecule has 1 N–H and O–H groups in total. The van der Waals surface area contributed by atoms with Gasteiger partial charge in [-0.1, -0.05) is 65.1 Å². The fraction of sp³-hybridized carbons (Fsp3) is 0.174. The number of ether oxygens (including phenoxy) is 1. The number of amides is 1. The molecule has 0 fully saturated rings. The lowest BCUT2D eigenvalue weighted by Gasteiger charge is -2.24. The lowest BCUT2D eigenvalue weighted by atomic mass is 10.1. The lowest BCUT2D eigenvalue weighted by molar-refractivity contribution is 0.0947. The van der Waals surface area contributed by atoms with Crippen LogP contribution in [0.3, 0.4) is 0 Å². The summed E-state index contributed by atoms with van der Waals surface area (Å²) in [6.45, 7) is 0.588. The van der Waals surface area contributed by atoms with Gasteiger partial charge in [0.15, 0.2) is 0 Å². The molecule has 0 saturated heterocycles. The number of nitrogens with one attached hydrogen (secondary N) is 1. The molecule has 0 aliphatic heterocycles. The van der Waals surface area contributed by atoms with Gasteiger partial charge < -0.3 is 10.1 Å². The predicted octanol–water partition coefficient (Wildman–Crippen LogP) is 5.42. The van der Waals surface area contributed by atoms with Crippen molar-refractivity contribution in [2.24, 2.45) is 0 Å². The van der Waals surface area contributed by atoms with Crippen molar-refractivity contribution < 1.29 is 17.9 Å². The summed E-state index contributed by atoms with van der Waals surface area (Å²) in [5.41, 5.74) is 1.39. The highest BCUT2D eigenvalue weighted by molar-refractivity contribution is 7.92. The summed E-state index contributed by atoms with van der Waals surface area (Å²) in [4.78, 5) is 12.4. The average molecular weight is 528 g/mol. The highest BCUT2D eigenvalue weighted by atomic mass is 35.5. The van der Waals surface area contributed by atoms with Crippen molar-refractivity contribution in [3.63, 3.8) is 0 Å². The number of rotatable bonds is 9. The number of hydrogen-bond acceptors (Lipinski definition) is 4. The largest absolute Gasteiger partial charge is 0.490 e. The van der Waals surface area contributed by atoms with E-state index in [0.29, 0.717) is 28.4 Å². The van der Waals surface area contributed by atoms with Gasteiger partial charge in [-0.15, -0.1) is 0 Å². The zero-order valence-electron chi connectivity index (χ0n) is 17.6. The monoisotopic (exact) mass is 526 g/mol. The Morgan fingerprint density at radius 3 is 2.27 bits per heavy atom. The van der Waals surface area contributed by atoms with E-state index in [4.69, 9.17) is 39.5 Å². The maximum absolute atomic E-state index is 12.4. The Morgan fingerprint density at radius 1 is 0.939 bits per heavy atom. The number of benzene rings is 3. The van der Waals surface area contributed by atoms with Crippen LogP contribution >= 0.6 is 34.8 Å². The summed E-state index contributed by atoms with van der Waals surface area (Å²) in [5, 5.41) is 3.68. The zero-order valence-corrected chi connectivity index (χ0v) is 20.7. The van der Waals surface area contributed by atoms with Crippen LogP contribution in [0.25, 0.3) is 0 Å². The molecule has 0 unspecified atom stereocenters. The Bertz CT molecular complexity index is 1230. The summed E-state index contributed by atoms with van der Waals surface area (Å²) in [7, 11) is -3.64. The van der Waals surface area contributed by atoms with E-state index in [0.717, 1.165) is 6.26 Å². The highest BCUT2D eigenvalue weighted by Gasteiger charge is 2.21. The second-order valence-electron chi connectivity index (χ2n) is 7.07. The van der Waals surface area contributed by atoms with E-state index in [1.54, 1.807) is 60.7 Å². The number of para-hydroxylation sites is 1. The van der Waals surface area contributed by atoms with E-state index in [1.165, 1.54) is 4.31 Å². The van der Waals surface area contributed by atoms with Gasteiger partial charge in [-0.05, 0) is 42.0 Å². The first-order chi connectivity index (χ1) is 15.7. The molecule has 10 heteroatoms. The van der Waals surface area contributed by atoms with Crippen LogP contribution in [0.5, 0.6) is 5.75 Å². The van der Waals surface area contributed by atoms with Gasteiger partial charge in [0.05, 0.1) is 40.1 Å². The molecule has 3 aromatic carbocycles. The maximum Gasteiger partial charge on any atom is 0.251 e. The third kappa shape index (κ3) is 6.77. The number of sulfonamides is 1. The number of anilines is 1. The SMILES string of the molecule is CS(=O)(=O)N(Cc1ccc(C(=O)NCCOc2ccccc2Cl)cc1)c1cccc(Cl)c1Cl. The van der Waals surface area contributed by atoms with E-state index in [1.807, 2.05) is 6.07 Å². The first-order valence-electron chi connectivity index (χ1n) is 9.83. The average Bonchev–Trinajstić information content (AvgIpc) is 2.78. The molecule has 6 nitrogen and oxygen atoms in total. The molecule has 1 amide bonds. The Kier molecular flexibility index (Phi) is 8.48. The Labute approximate surface area is 208 Å². The zero-order chi connectivity index (χ0) is 24.0. The van der Waals surface area contributed by atoms with Crippen LogP contribution in [-0.4, -0.2) is 33.7 Å². The molecule has 0 atom stereocenters. The molecule has 0 aromatic heterocycles. The Balaban J connectivity index is 1.62. The molecule has 0 aliphatic carbocycles. The number of carbonyl (C=O) groups excluding carboxylic acids is 1. The van der Waals surface area contributed by atoms with Gasteiger partial charge in [0.2, 0.25) is 10.0 Å². The first-order valence-corrected chi connectivity index (χ1v) is 12.8. The molecule has 0 aliphatic rings. The molecule has 0 spiro atoms. The summed E-state index contributed by atoms with van der Waals surface area (Å²) in [6.07, 6.45) is 1.09. The minimum Gasteiger partial charge on any atom is -0.490 e. The summed E-state index contributed by atoms with van der Waals surface area (Å²) in [6, 6.07) is 18.5. The highest BCUT2D eigenvalue weighted by Crippen LogP contribution is 2.34. The normalized spacial score (nSPS) is 11.2. The van der Waals surface area contributed by atoms with Crippen LogP contribution in [0.15, 0.2) is 66.7 Å².